The SMILES string of the molecule is NC(=O)OCCNC(=S)NC1CC1. The van der Waals surface area contributed by atoms with Crippen LogP contribution in [0.5, 0.6) is 0 Å². The maximum Gasteiger partial charge on any atom is 0.404 e. The quantitative estimate of drug-likeness (QED) is 0.432. The van der Waals surface area contributed by atoms with Crippen molar-refractivity contribution < 1.29 is 9.53 Å². The molecule has 1 amide bonds. The van der Waals surface area contributed by atoms with Gasteiger partial charge in [0.15, 0.2) is 5.11 Å². The van der Waals surface area contributed by atoms with E-state index in [2.05, 4.69) is 15.4 Å². The Hall–Kier alpha value is -1.04. The standard InChI is InChI=1S/C7H13N3O2S/c8-6(11)12-4-3-9-7(13)10-5-1-2-5/h5H,1-4H2,(H2,8,11)(H2,9,10,13). The second-order valence-corrected chi connectivity index (χ2v) is 3.25. The van der Waals surface area contributed by atoms with Gasteiger partial charge in [-0.05, 0) is 25.1 Å². The molecule has 0 aliphatic heterocycles. The largest absolute Gasteiger partial charge is 0.448 e. The molecule has 0 atom stereocenters. The minimum atomic E-state index is -0.761. The van der Waals surface area contributed by atoms with Gasteiger partial charge in [0.2, 0.25) is 0 Å². The molecule has 1 fully saturated rings. The second kappa shape index (κ2) is 4.86. The van der Waals surface area contributed by atoms with Crippen LogP contribution in [0.15, 0.2) is 0 Å². The molecule has 74 valence electrons. The molecule has 0 aromatic rings. The van der Waals surface area contributed by atoms with E-state index in [1.165, 1.54) is 12.8 Å². The van der Waals surface area contributed by atoms with E-state index in [9.17, 15) is 4.79 Å². The van der Waals surface area contributed by atoms with Crippen molar-refractivity contribution in [3.63, 3.8) is 0 Å². The van der Waals surface area contributed by atoms with Gasteiger partial charge in [-0.2, -0.15) is 0 Å². The van der Waals surface area contributed by atoms with Crippen molar-refractivity contribution in [1.82, 2.24) is 10.6 Å². The second-order valence-electron chi connectivity index (χ2n) is 2.84. The number of primary amides is 1. The molecule has 0 bridgehead atoms. The summed E-state index contributed by atoms with van der Waals surface area (Å²) in [4.78, 5) is 10.2. The van der Waals surface area contributed by atoms with E-state index in [0.717, 1.165) is 0 Å². The number of nitrogens with two attached hydrogens (primary N) is 1. The molecule has 0 heterocycles. The average molecular weight is 203 g/mol. The highest BCUT2D eigenvalue weighted by molar-refractivity contribution is 7.80. The first kappa shape index (κ1) is 10.0. The third-order valence-corrected chi connectivity index (χ3v) is 1.81. The van der Waals surface area contributed by atoms with Crippen LogP contribution in [0.4, 0.5) is 4.79 Å². The maximum absolute atomic E-state index is 10.2. The van der Waals surface area contributed by atoms with E-state index in [1.807, 2.05) is 0 Å². The summed E-state index contributed by atoms with van der Waals surface area (Å²) in [5.41, 5.74) is 4.76. The van der Waals surface area contributed by atoms with Gasteiger partial charge >= 0.3 is 6.09 Å². The Labute approximate surface area is 82.0 Å². The molecule has 0 aromatic carbocycles. The molecule has 5 nitrogen and oxygen atoms in total. The normalized spacial score (nSPS) is 14.8. The lowest BCUT2D eigenvalue weighted by molar-refractivity contribution is 0.159. The zero-order valence-corrected chi connectivity index (χ0v) is 8.02. The highest BCUT2D eigenvalue weighted by Gasteiger charge is 2.21. The third kappa shape index (κ3) is 5.24. The Morgan fingerprint density at radius 1 is 1.62 bits per heavy atom. The molecule has 6 heteroatoms. The lowest BCUT2D eigenvalue weighted by Crippen LogP contribution is -2.38. The predicted molar refractivity (Wildman–Crippen MR) is 52.3 cm³/mol. The van der Waals surface area contributed by atoms with E-state index >= 15 is 0 Å². The summed E-state index contributed by atoms with van der Waals surface area (Å²) in [5, 5.41) is 6.59. The minimum absolute atomic E-state index is 0.238. The summed E-state index contributed by atoms with van der Waals surface area (Å²) < 4.78 is 4.50. The number of hydrogen-bond donors (Lipinski definition) is 3. The Morgan fingerprint density at radius 3 is 2.85 bits per heavy atom. The van der Waals surface area contributed by atoms with E-state index in [0.29, 0.717) is 17.7 Å². The molecule has 1 aliphatic rings. The number of thiocarbonyl (C=S) groups is 1. The lowest BCUT2D eigenvalue weighted by atomic mass is 10.6. The van der Waals surface area contributed by atoms with Gasteiger partial charge in [-0.1, -0.05) is 0 Å². The number of ether oxygens (including phenoxy) is 1. The van der Waals surface area contributed by atoms with Gasteiger partial charge in [-0.25, -0.2) is 4.79 Å². The third-order valence-electron chi connectivity index (χ3n) is 1.54. The van der Waals surface area contributed by atoms with Gasteiger partial charge in [0.05, 0.1) is 6.54 Å². The summed E-state index contributed by atoms with van der Waals surface area (Å²) in [5.74, 6) is 0. The van der Waals surface area contributed by atoms with Gasteiger partial charge in [-0.3, -0.25) is 0 Å². The Morgan fingerprint density at radius 2 is 2.31 bits per heavy atom. The summed E-state index contributed by atoms with van der Waals surface area (Å²) in [6.45, 7) is 0.726. The van der Waals surface area contributed by atoms with Crippen molar-refractivity contribution in [3.05, 3.63) is 0 Å². The highest BCUT2D eigenvalue weighted by Crippen LogP contribution is 2.18. The Bertz CT molecular complexity index is 206. The van der Waals surface area contributed by atoms with Gasteiger partial charge < -0.3 is 21.1 Å². The molecule has 0 saturated heterocycles. The van der Waals surface area contributed by atoms with E-state index in [-0.39, 0.29) is 6.61 Å². The van der Waals surface area contributed by atoms with Gasteiger partial charge in [0.1, 0.15) is 6.61 Å². The number of carbonyl (C=O) groups is 1. The summed E-state index contributed by atoms with van der Waals surface area (Å²) >= 11 is 4.96. The smallest absolute Gasteiger partial charge is 0.404 e. The van der Waals surface area contributed by atoms with Crippen molar-refractivity contribution in [1.29, 1.82) is 0 Å². The fourth-order valence-corrected chi connectivity index (χ4v) is 1.05. The molecule has 1 saturated carbocycles. The van der Waals surface area contributed by atoms with Crippen LogP contribution in [0, 0.1) is 0 Å². The van der Waals surface area contributed by atoms with Gasteiger partial charge in [0.25, 0.3) is 0 Å². The monoisotopic (exact) mass is 203 g/mol. The first-order valence-corrected chi connectivity index (χ1v) is 4.56. The zero-order chi connectivity index (χ0) is 9.68. The van der Waals surface area contributed by atoms with Crippen LogP contribution in [-0.2, 0) is 4.74 Å². The molecule has 0 radical (unpaired) electrons. The molecule has 13 heavy (non-hydrogen) atoms. The maximum atomic E-state index is 10.2. The molecule has 1 rings (SSSR count). The molecule has 1 aliphatic carbocycles. The predicted octanol–water partition coefficient (Wildman–Crippen LogP) is -0.292. The molecule has 0 spiro atoms. The van der Waals surface area contributed by atoms with Crippen LogP contribution < -0.4 is 16.4 Å². The number of carbonyl (C=O) groups excluding carboxylic acids is 1. The van der Waals surface area contributed by atoms with E-state index in [1.54, 1.807) is 0 Å². The van der Waals surface area contributed by atoms with Gasteiger partial charge in [-0.15, -0.1) is 0 Å². The fourth-order valence-electron chi connectivity index (χ4n) is 0.780. The van der Waals surface area contributed by atoms with Crippen molar-refractivity contribution in [3.8, 4) is 0 Å². The van der Waals surface area contributed by atoms with Gasteiger partial charge in [0, 0.05) is 6.04 Å². The number of rotatable bonds is 4. The lowest BCUT2D eigenvalue weighted by Gasteiger charge is -2.08. The first-order valence-electron chi connectivity index (χ1n) is 4.15. The van der Waals surface area contributed by atoms with Crippen molar-refractivity contribution in [2.75, 3.05) is 13.2 Å². The van der Waals surface area contributed by atoms with Crippen molar-refractivity contribution >= 4 is 23.4 Å². The number of amides is 1. The summed E-state index contributed by atoms with van der Waals surface area (Å²) in [6.07, 6.45) is 1.60. The number of nitrogens with one attached hydrogen (secondary N) is 2. The van der Waals surface area contributed by atoms with Crippen LogP contribution in [-0.4, -0.2) is 30.4 Å². The van der Waals surface area contributed by atoms with Crippen LogP contribution in [0.25, 0.3) is 0 Å². The first-order chi connectivity index (χ1) is 6.18. The highest BCUT2D eigenvalue weighted by atomic mass is 32.1. The average Bonchev–Trinajstić information content (AvgIpc) is 2.81. The fraction of sp³-hybridized carbons (Fsp3) is 0.714. The van der Waals surface area contributed by atoms with Crippen LogP contribution in [0.2, 0.25) is 0 Å². The van der Waals surface area contributed by atoms with E-state index in [4.69, 9.17) is 18.0 Å². The Kier molecular flexibility index (Phi) is 3.75. The Balaban J connectivity index is 1.91. The van der Waals surface area contributed by atoms with Crippen LogP contribution in [0.3, 0.4) is 0 Å². The molecular weight excluding hydrogens is 190 g/mol. The molecule has 0 aromatic heterocycles. The summed E-state index contributed by atoms with van der Waals surface area (Å²) in [6, 6.07) is 0.539. The van der Waals surface area contributed by atoms with Crippen LogP contribution >= 0.6 is 12.2 Å². The van der Waals surface area contributed by atoms with Crippen molar-refractivity contribution in [2.24, 2.45) is 5.73 Å². The van der Waals surface area contributed by atoms with Crippen molar-refractivity contribution in [2.45, 2.75) is 18.9 Å². The molecule has 0 unspecified atom stereocenters. The topological polar surface area (TPSA) is 76.4 Å². The zero-order valence-electron chi connectivity index (χ0n) is 7.21. The number of hydrogen-bond acceptors (Lipinski definition) is 3. The molecular formula is C7H13N3O2S. The van der Waals surface area contributed by atoms with Crippen LogP contribution in [0.1, 0.15) is 12.8 Å². The summed E-state index contributed by atoms with van der Waals surface area (Å²) in [7, 11) is 0. The molecule has 4 N–H and O–H groups in total. The van der Waals surface area contributed by atoms with E-state index < -0.39 is 6.09 Å². The minimum Gasteiger partial charge on any atom is -0.448 e.